The molecule has 0 unspecified atom stereocenters. The molecule has 0 fully saturated rings. The minimum absolute atomic E-state index is 0.287. The van der Waals surface area contributed by atoms with E-state index in [9.17, 15) is 21.6 Å². The smallest absolute Gasteiger partial charge is 0.376 e. The molecule has 0 saturated heterocycles. The number of aryl methyl sites for hydroxylation is 1. The Hall–Kier alpha value is -1.24. The lowest BCUT2D eigenvalue weighted by Crippen LogP contribution is -2.28. The molecule has 2 rings (SSSR count). The van der Waals surface area contributed by atoms with Crippen molar-refractivity contribution in [3.05, 3.63) is 29.3 Å². The summed E-state index contributed by atoms with van der Waals surface area (Å²) in [5.74, 6) is 0.146. The molecule has 106 valence electrons. The van der Waals surface area contributed by atoms with E-state index in [0.29, 0.717) is 5.92 Å². The van der Waals surface area contributed by atoms with Crippen LogP contribution >= 0.6 is 0 Å². The fraction of sp³-hybridized carbons (Fsp3) is 0.500. The summed E-state index contributed by atoms with van der Waals surface area (Å²) in [4.78, 5) is 0. The Balaban J connectivity index is 2.26. The Morgan fingerprint density at radius 1 is 1.26 bits per heavy atom. The molecule has 1 aliphatic rings. The molecule has 3 nitrogen and oxygen atoms in total. The van der Waals surface area contributed by atoms with Crippen LogP contribution in [0.4, 0.5) is 13.2 Å². The molecule has 7 heteroatoms. The van der Waals surface area contributed by atoms with E-state index in [1.54, 1.807) is 6.07 Å². The molecule has 0 N–H and O–H groups in total. The van der Waals surface area contributed by atoms with E-state index >= 15 is 0 Å². The number of halogens is 3. The van der Waals surface area contributed by atoms with Crippen molar-refractivity contribution in [3.8, 4) is 5.75 Å². The van der Waals surface area contributed by atoms with Crippen molar-refractivity contribution < 1.29 is 25.8 Å². The Bertz CT molecular complexity index is 578. The number of hydrogen-bond acceptors (Lipinski definition) is 3. The molecule has 0 aliphatic heterocycles. The summed E-state index contributed by atoms with van der Waals surface area (Å²) in [7, 11) is -5.59. The first-order chi connectivity index (χ1) is 8.69. The molecule has 1 aliphatic carbocycles. The number of hydrogen-bond donors (Lipinski definition) is 0. The third-order valence-corrected chi connectivity index (χ3v) is 4.12. The van der Waals surface area contributed by atoms with E-state index in [1.165, 1.54) is 12.1 Å². The lowest BCUT2D eigenvalue weighted by atomic mass is 9.85. The predicted molar refractivity (Wildman–Crippen MR) is 63.2 cm³/mol. The minimum atomic E-state index is -5.59. The summed E-state index contributed by atoms with van der Waals surface area (Å²) in [6.45, 7) is 2.04. The lowest BCUT2D eigenvalue weighted by molar-refractivity contribution is -0.0500. The molecule has 1 atom stereocenters. The van der Waals surface area contributed by atoms with Crippen LogP contribution in [0.3, 0.4) is 0 Å². The average Bonchev–Trinajstić information content (AvgIpc) is 2.26. The van der Waals surface area contributed by atoms with Crippen molar-refractivity contribution in [1.82, 2.24) is 0 Å². The monoisotopic (exact) mass is 294 g/mol. The summed E-state index contributed by atoms with van der Waals surface area (Å²) in [5, 5.41) is 0. The van der Waals surface area contributed by atoms with Gasteiger partial charge in [0.2, 0.25) is 0 Å². The van der Waals surface area contributed by atoms with Gasteiger partial charge in [0.1, 0.15) is 5.75 Å². The molecular weight excluding hydrogens is 281 g/mol. The maximum atomic E-state index is 12.2. The van der Waals surface area contributed by atoms with Gasteiger partial charge in [-0.25, -0.2) is 0 Å². The van der Waals surface area contributed by atoms with Gasteiger partial charge in [-0.05, 0) is 48.4 Å². The van der Waals surface area contributed by atoms with Gasteiger partial charge in [-0.3, -0.25) is 0 Å². The van der Waals surface area contributed by atoms with E-state index < -0.39 is 15.6 Å². The normalized spacial score (nSPS) is 19.9. The number of rotatable bonds is 2. The lowest BCUT2D eigenvalue weighted by Gasteiger charge is -2.22. The molecule has 0 spiro atoms. The largest absolute Gasteiger partial charge is 0.534 e. The molecule has 0 bridgehead atoms. The van der Waals surface area contributed by atoms with Crippen molar-refractivity contribution in [2.45, 2.75) is 31.7 Å². The number of benzene rings is 1. The van der Waals surface area contributed by atoms with E-state index in [2.05, 4.69) is 4.18 Å². The second kappa shape index (κ2) is 4.70. The van der Waals surface area contributed by atoms with Crippen LogP contribution in [0.5, 0.6) is 5.75 Å². The van der Waals surface area contributed by atoms with Gasteiger partial charge in [-0.1, -0.05) is 13.0 Å². The summed E-state index contributed by atoms with van der Waals surface area (Å²) < 4.78 is 62.5. The third-order valence-electron chi connectivity index (χ3n) is 3.14. The Morgan fingerprint density at radius 3 is 2.58 bits per heavy atom. The van der Waals surface area contributed by atoms with Crippen LogP contribution in [0.1, 0.15) is 24.5 Å². The Labute approximate surface area is 109 Å². The van der Waals surface area contributed by atoms with Crippen LogP contribution in [-0.4, -0.2) is 13.9 Å². The van der Waals surface area contributed by atoms with E-state index in [4.69, 9.17) is 0 Å². The SMILES string of the molecule is C[C@@H]1CCc2ccc(OS(=O)(=O)C(F)(F)F)cc2C1. The molecule has 0 saturated carbocycles. The molecular formula is C12H13F3O3S. The van der Waals surface area contributed by atoms with Crippen molar-refractivity contribution >= 4 is 10.1 Å². The van der Waals surface area contributed by atoms with E-state index in [-0.39, 0.29) is 5.75 Å². The molecule has 0 aromatic heterocycles. The maximum absolute atomic E-state index is 12.2. The first kappa shape index (κ1) is 14.2. The van der Waals surface area contributed by atoms with Crippen molar-refractivity contribution in [2.75, 3.05) is 0 Å². The zero-order chi connectivity index (χ0) is 14.3. The average molecular weight is 294 g/mol. The van der Waals surface area contributed by atoms with Gasteiger partial charge in [0.25, 0.3) is 0 Å². The molecule has 0 heterocycles. The predicted octanol–water partition coefficient (Wildman–Crippen LogP) is 3.04. The summed E-state index contributed by atoms with van der Waals surface area (Å²) in [6.07, 6.45) is 2.59. The van der Waals surface area contributed by atoms with Crippen LogP contribution in [0.25, 0.3) is 0 Å². The first-order valence-electron chi connectivity index (χ1n) is 5.81. The van der Waals surface area contributed by atoms with Gasteiger partial charge >= 0.3 is 15.6 Å². The van der Waals surface area contributed by atoms with Gasteiger partial charge in [0.05, 0.1) is 0 Å². The topological polar surface area (TPSA) is 43.4 Å². The van der Waals surface area contributed by atoms with Gasteiger partial charge in [-0.15, -0.1) is 0 Å². The highest BCUT2D eigenvalue weighted by Crippen LogP contribution is 2.31. The molecule has 1 aromatic carbocycles. The van der Waals surface area contributed by atoms with Gasteiger partial charge in [-0.2, -0.15) is 21.6 Å². The second-order valence-corrected chi connectivity index (χ2v) is 6.30. The second-order valence-electron chi connectivity index (χ2n) is 4.76. The highest BCUT2D eigenvalue weighted by molar-refractivity contribution is 7.87. The summed E-state index contributed by atoms with van der Waals surface area (Å²) in [5.41, 5.74) is -3.51. The van der Waals surface area contributed by atoms with Crippen molar-refractivity contribution in [3.63, 3.8) is 0 Å². The molecule has 19 heavy (non-hydrogen) atoms. The Kier molecular flexibility index (Phi) is 3.51. The number of alkyl halides is 3. The quantitative estimate of drug-likeness (QED) is 0.622. The van der Waals surface area contributed by atoms with Gasteiger partial charge < -0.3 is 4.18 Å². The zero-order valence-corrected chi connectivity index (χ0v) is 11.0. The van der Waals surface area contributed by atoms with Crippen LogP contribution in [-0.2, 0) is 23.0 Å². The highest BCUT2D eigenvalue weighted by Gasteiger charge is 2.48. The standard InChI is InChI=1S/C12H13F3O3S/c1-8-2-3-9-4-5-11(7-10(9)6-8)18-19(16,17)12(13,14)15/h4-5,7-8H,2-3,6H2,1H3/t8-/m1/s1. The van der Waals surface area contributed by atoms with Crippen LogP contribution in [0.2, 0.25) is 0 Å². The molecule has 0 radical (unpaired) electrons. The van der Waals surface area contributed by atoms with E-state index in [1.807, 2.05) is 6.92 Å². The van der Waals surface area contributed by atoms with Gasteiger partial charge in [0.15, 0.2) is 0 Å². The van der Waals surface area contributed by atoms with Crippen LogP contribution in [0.15, 0.2) is 18.2 Å². The highest BCUT2D eigenvalue weighted by atomic mass is 32.2. The van der Waals surface area contributed by atoms with E-state index in [0.717, 1.165) is 30.4 Å². The minimum Gasteiger partial charge on any atom is -0.376 e. The fourth-order valence-corrected chi connectivity index (χ4v) is 2.59. The first-order valence-corrected chi connectivity index (χ1v) is 7.22. The van der Waals surface area contributed by atoms with Gasteiger partial charge in [0, 0.05) is 0 Å². The molecule has 0 amide bonds. The third kappa shape index (κ3) is 3.02. The summed E-state index contributed by atoms with van der Waals surface area (Å²) >= 11 is 0. The van der Waals surface area contributed by atoms with Crippen molar-refractivity contribution in [2.24, 2.45) is 5.92 Å². The van der Waals surface area contributed by atoms with Crippen LogP contribution < -0.4 is 4.18 Å². The molecule has 1 aromatic rings. The van der Waals surface area contributed by atoms with Crippen molar-refractivity contribution in [1.29, 1.82) is 0 Å². The van der Waals surface area contributed by atoms with Crippen LogP contribution in [0, 0.1) is 5.92 Å². The summed E-state index contributed by atoms with van der Waals surface area (Å²) in [6, 6.07) is 4.27. The Morgan fingerprint density at radius 2 is 1.95 bits per heavy atom. The zero-order valence-electron chi connectivity index (χ0n) is 10.2. The fourth-order valence-electron chi connectivity index (χ4n) is 2.14. The maximum Gasteiger partial charge on any atom is 0.534 e. The number of fused-ring (bicyclic) bond motifs is 1.